The lowest BCUT2D eigenvalue weighted by Crippen LogP contribution is -2.28. The van der Waals surface area contributed by atoms with Gasteiger partial charge in [-0.05, 0) is 30.3 Å². The lowest BCUT2D eigenvalue weighted by Gasteiger charge is -2.16. The number of imidazole rings is 1. The van der Waals surface area contributed by atoms with E-state index in [1.54, 1.807) is 11.1 Å². The Morgan fingerprint density at radius 3 is 2.60 bits per heavy atom. The predicted octanol–water partition coefficient (Wildman–Crippen LogP) is 3.39. The number of nitrogens with one attached hydrogen (secondary N) is 1. The van der Waals surface area contributed by atoms with Crippen molar-refractivity contribution in [3.63, 3.8) is 0 Å². The number of hydrogen-bond donors (Lipinski definition) is 1. The van der Waals surface area contributed by atoms with Gasteiger partial charge in [0.15, 0.2) is 0 Å². The Kier molecular flexibility index (Phi) is 4.48. The van der Waals surface area contributed by atoms with Crippen LogP contribution in [0, 0.1) is 5.92 Å². The number of amides is 2. The van der Waals surface area contributed by atoms with E-state index >= 15 is 0 Å². The zero-order chi connectivity index (χ0) is 20.5. The number of hydrogen-bond acceptors (Lipinski definition) is 4. The molecule has 1 atom stereocenters. The molecule has 4 aromatic rings. The molecule has 148 valence electrons. The van der Waals surface area contributed by atoms with Crippen LogP contribution in [0.2, 0.25) is 0 Å². The first-order valence-corrected chi connectivity index (χ1v) is 9.74. The molecule has 1 aliphatic rings. The Morgan fingerprint density at radius 1 is 1.03 bits per heavy atom. The van der Waals surface area contributed by atoms with E-state index in [1.807, 2.05) is 77.5 Å². The monoisotopic (exact) mass is 397 g/mol. The molecular formula is C23H19N5O2. The second-order valence-electron chi connectivity index (χ2n) is 7.26. The van der Waals surface area contributed by atoms with Gasteiger partial charge in [0, 0.05) is 48.5 Å². The maximum Gasteiger partial charge on any atom is 0.234 e. The lowest BCUT2D eigenvalue weighted by atomic mass is 10.1. The van der Waals surface area contributed by atoms with E-state index in [4.69, 9.17) is 0 Å². The van der Waals surface area contributed by atoms with Gasteiger partial charge in [-0.3, -0.25) is 14.0 Å². The number of benzene rings is 2. The van der Waals surface area contributed by atoms with Gasteiger partial charge >= 0.3 is 0 Å². The third-order valence-electron chi connectivity index (χ3n) is 5.25. The molecule has 1 N–H and O–H groups in total. The van der Waals surface area contributed by atoms with Crippen molar-refractivity contribution in [2.45, 2.75) is 6.42 Å². The molecule has 3 heterocycles. The quantitative estimate of drug-likeness (QED) is 0.572. The summed E-state index contributed by atoms with van der Waals surface area (Å²) in [5, 5.41) is 2.93. The van der Waals surface area contributed by atoms with E-state index in [0.29, 0.717) is 18.0 Å². The summed E-state index contributed by atoms with van der Waals surface area (Å²) in [6.45, 7) is 0.390. The molecule has 0 radical (unpaired) electrons. The number of fused-ring (bicyclic) bond motifs is 1. The second kappa shape index (κ2) is 7.44. The second-order valence-corrected chi connectivity index (χ2v) is 7.26. The van der Waals surface area contributed by atoms with Crippen LogP contribution in [0.1, 0.15) is 6.42 Å². The van der Waals surface area contributed by atoms with Gasteiger partial charge in [-0.2, -0.15) is 0 Å². The minimum absolute atomic E-state index is 0.0304. The molecule has 2 aromatic heterocycles. The van der Waals surface area contributed by atoms with Crippen LogP contribution in [-0.2, 0) is 9.59 Å². The summed E-state index contributed by atoms with van der Waals surface area (Å²) in [6, 6.07) is 18.8. The molecule has 7 nitrogen and oxygen atoms in total. The molecule has 0 aliphatic carbocycles. The summed E-state index contributed by atoms with van der Waals surface area (Å²) in [4.78, 5) is 35.4. The zero-order valence-electron chi connectivity index (χ0n) is 16.1. The zero-order valence-corrected chi connectivity index (χ0v) is 16.1. The van der Waals surface area contributed by atoms with Gasteiger partial charge in [0.05, 0.1) is 11.6 Å². The number of carbonyl (C=O) groups excluding carboxylic acids is 2. The molecule has 1 aliphatic heterocycles. The van der Waals surface area contributed by atoms with Gasteiger partial charge in [0.25, 0.3) is 0 Å². The Balaban J connectivity index is 1.27. The van der Waals surface area contributed by atoms with Crippen molar-refractivity contribution in [1.82, 2.24) is 14.4 Å². The molecule has 0 bridgehead atoms. The fraction of sp³-hybridized carbons (Fsp3) is 0.130. The van der Waals surface area contributed by atoms with E-state index in [-0.39, 0.29) is 24.2 Å². The maximum atomic E-state index is 12.7. The summed E-state index contributed by atoms with van der Waals surface area (Å²) < 4.78 is 1.86. The fourth-order valence-corrected chi connectivity index (χ4v) is 3.68. The molecule has 0 unspecified atom stereocenters. The van der Waals surface area contributed by atoms with Crippen LogP contribution < -0.4 is 10.2 Å². The topological polar surface area (TPSA) is 79.6 Å². The van der Waals surface area contributed by atoms with Crippen molar-refractivity contribution < 1.29 is 9.59 Å². The van der Waals surface area contributed by atoms with Crippen molar-refractivity contribution in [2.24, 2.45) is 5.92 Å². The summed E-state index contributed by atoms with van der Waals surface area (Å²) in [6.07, 6.45) is 5.73. The normalized spacial score (nSPS) is 16.2. The summed E-state index contributed by atoms with van der Waals surface area (Å²) >= 11 is 0. The third kappa shape index (κ3) is 3.41. The van der Waals surface area contributed by atoms with Gasteiger partial charge in [-0.1, -0.05) is 30.3 Å². The van der Waals surface area contributed by atoms with Crippen molar-refractivity contribution in [2.75, 3.05) is 16.8 Å². The van der Waals surface area contributed by atoms with Crippen molar-refractivity contribution in [3.8, 4) is 11.3 Å². The van der Waals surface area contributed by atoms with Crippen LogP contribution in [0.3, 0.4) is 0 Å². The molecule has 0 spiro atoms. The van der Waals surface area contributed by atoms with Crippen LogP contribution >= 0.6 is 0 Å². The van der Waals surface area contributed by atoms with E-state index in [1.165, 1.54) is 0 Å². The number of para-hydroxylation sites is 1. The number of rotatable bonds is 4. The molecule has 2 amide bonds. The Labute approximate surface area is 173 Å². The molecule has 5 rings (SSSR count). The average molecular weight is 397 g/mol. The minimum atomic E-state index is -0.373. The van der Waals surface area contributed by atoms with Gasteiger partial charge in [-0.25, -0.2) is 9.97 Å². The van der Waals surface area contributed by atoms with Crippen molar-refractivity contribution in [1.29, 1.82) is 0 Å². The van der Waals surface area contributed by atoms with Crippen LogP contribution in [-0.4, -0.2) is 32.7 Å². The van der Waals surface area contributed by atoms with Crippen molar-refractivity contribution >= 4 is 29.0 Å². The highest BCUT2D eigenvalue weighted by molar-refractivity contribution is 6.03. The maximum absolute atomic E-state index is 12.7. The van der Waals surface area contributed by atoms with E-state index in [0.717, 1.165) is 16.9 Å². The number of anilines is 2. The van der Waals surface area contributed by atoms with Crippen LogP contribution in [0.5, 0.6) is 0 Å². The SMILES string of the molecule is O=C(Nc1ccc(-c2cn3cccnc3n2)cc1)[C@H]1CC(=O)N(c2ccccc2)C1. The molecular weight excluding hydrogens is 378 g/mol. The van der Waals surface area contributed by atoms with Crippen LogP contribution in [0.25, 0.3) is 17.0 Å². The summed E-state index contributed by atoms with van der Waals surface area (Å²) in [5.41, 5.74) is 3.26. The van der Waals surface area contributed by atoms with Gasteiger partial charge < -0.3 is 10.2 Å². The van der Waals surface area contributed by atoms with Crippen molar-refractivity contribution in [3.05, 3.63) is 79.3 Å². The van der Waals surface area contributed by atoms with E-state index < -0.39 is 0 Å². The van der Waals surface area contributed by atoms with Gasteiger partial charge in [0.1, 0.15) is 0 Å². The van der Waals surface area contributed by atoms with Crippen LogP contribution in [0.15, 0.2) is 79.3 Å². The van der Waals surface area contributed by atoms with Gasteiger partial charge in [-0.15, -0.1) is 0 Å². The van der Waals surface area contributed by atoms with Gasteiger partial charge in [0.2, 0.25) is 17.6 Å². The smallest absolute Gasteiger partial charge is 0.234 e. The first-order valence-electron chi connectivity index (χ1n) is 9.74. The van der Waals surface area contributed by atoms with E-state index in [2.05, 4.69) is 15.3 Å². The highest BCUT2D eigenvalue weighted by atomic mass is 16.2. The van der Waals surface area contributed by atoms with E-state index in [9.17, 15) is 9.59 Å². The molecule has 0 saturated carbocycles. The molecule has 1 fully saturated rings. The highest BCUT2D eigenvalue weighted by Crippen LogP contribution is 2.26. The molecule has 1 saturated heterocycles. The summed E-state index contributed by atoms with van der Waals surface area (Å²) in [7, 11) is 0. The molecule has 7 heteroatoms. The first-order chi connectivity index (χ1) is 14.7. The molecule has 30 heavy (non-hydrogen) atoms. The van der Waals surface area contributed by atoms with Crippen LogP contribution in [0.4, 0.5) is 11.4 Å². The average Bonchev–Trinajstić information content (AvgIpc) is 3.38. The Bertz CT molecular complexity index is 1180. The third-order valence-corrected chi connectivity index (χ3v) is 5.25. The predicted molar refractivity (Wildman–Crippen MR) is 114 cm³/mol. The lowest BCUT2D eigenvalue weighted by molar-refractivity contribution is -0.122. The fourth-order valence-electron chi connectivity index (χ4n) is 3.68. The number of aromatic nitrogens is 3. The number of nitrogens with zero attached hydrogens (tertiary/aromatic N) is 4. The standard InChI is InChI=1S/C23H19N5O2/c29-21-13-17(14-28(21)19-5-2-1-3-6-19)22(30)25-18-9-7-16(8-10-18)20-15-27-12-4-11-24-23(27)26-20/h1-12,15,17H,13-14H2,(H,25,30)/t17-/m0/s1. The Morgan fingerprint density at radius 2 is 1.83 bits per heavy atom. The minimum Gasteiger partial charge on any atom is -0.326 e. The summed E-state index contributed by atoms with van der Waals surface area (Å²) in [5.74, 6) is 0.0873. The highest BCUT2D eigenvalue weighted by Gasteiger charge is 2.35. The molecule has 2 aromatic carbocycles. The Hall–Kier alpha value is -4.00. The number of carbonyl (C=O) groups is 2. The largest absolute Gasteiger partial charge is 0.326 e. The first kappa shape index (κ1) is 18.1.